The van der Waals surface area contributed by atoms with Crippen molar-refractivity contribution in [1.29, 1.82) is 0 Å². The number of hydrogen-bond acceptors (Lipinski definition) is 3. The fourth-order valence-corrected chi connectivity index (χ4v) is 2.66. The Morgan fingerprint density at radius 1 is 1.20 bits per heavy atom. The van der Waals surface area contributed by atoms with Crippen molar-refractivity contribution < 1.29 is 14.2 Å². The molecule has 20 heavy (non-hydrogen) atoms. The molecule has 0 N–H and O–H groups in total. The third-order valence-corrected chi connectivity index (χ3v) is 3.70. The predicted octanol–water partition coefficient (Wildman–Crippen LogP) is 3.98. The first-order chi connectivity index (χ1) is 9.70. The van der Waals surface area contributed by atoms with Crippen LogP contribution in [0.2, 0.25) is 0 Å². The minimum Gasteiger partial charge on any atom is -0.496 e. The van der Waals surface area contributed by atoms with Crippen molar-refractivity contribution in [2.45, 2.75) is 45.3 Å². The second-order valence-corrected chi connectivity index (χ2v) is 5.81. The summed E-state index contributed by atoms with van der Waals surface area (Å²) in [6.45, 7) is 6.08. The molecule has 0 bridgehead atoms. The molecule has 0 aromatic heterocycles. The van der Waals surface area contributed by atoms with Gasteiger partial charge in [-0.1, -0.05) is 32.0 Å². The Bertz CT molecular complexity index is 397. The predicted molar refractivity (Wildman–Crippen MR) is 80.1 cm³/mol. The summed E-state index contributed by atoms with van der Waals surface area (Å²) in [5.41, 5.74) is 1.16. The molecule has 1 aromatic rings. The molecule has 3 nitrogen and oxygen atoms in total. The largest absolute Gasteiger partial charge is 0.496 e. The third-order valence-electron chi connectivity index (χ3n) is 3.70. The van der Waals surface area contributed by atoms with Gasteiger partial charge in [0.15, 0.2) is 0 Å². The lowest BCUT2D eigenvalue weighted by Gasteiger charge is -2.29. The lowest BCUT2D eigenvalue weighted by atomic mass is 9.98. The van der Waals surface area contributed by atoms with Crippen molar-refractivity contribution in [3.05, 3.63) is 29.8 Å². The van der Waals surface area contributed by atoms with E-state index in [2.05, 4.69) is 26.0 Å². The van der Waals surface area contributed by atoms with Crippen LogP contribution in [0.15, 0.2) is 24.3 Å². The standard InChI is InChI=1S/C17H26O3/c1-13(2)12-17(20-14-8-10-19-11-9-14)15-6-4-5-7-16(15)18-3/h4-7,13-14,17H,8-12H2,1-3H3/t17-/m0/s1. The highest BCUT2D eigenvalue weighted by Gasteiger charge is 2.23. The second kappa shape index (κ2) is 7.65. The maximum Gasteiger partial charge on any atom is 0.124 e. The molecule has 0 unspecified atom stereocenters. The Labute approximate surface area is 122 Å². The van der Waals surface area contributed by atoms with Gasteiger partial charge in [0.05, 0.1) is 19.3 Å². The molecule has 3 heteroatoms. The molecule has 1 atom stereocenters. The Morgan fingerprint density at radius 3 is 2.55 bits per heavy atom. The van der Waals surface area contributed by atoms with Gasteiger partial charge in [0, 0.05) is 18.8 Å². The topological polar surface area (TPSA) is 27.7 Å². The summed E-state index contributed by atoms with van der Waals surface area (Å²) >= 11 is 0. The van der Waals surface area contributed by atoms with Gasteiger partial charge in [0.1, 0.15) is 5.75 Å². The van der Waals surface area contributed by atoms with Gasteiger partial charge in [0.2, 0.25) is 0 Å². The van der Waals surface area contributed by atoms with Crippen molar-refractivity contribution >= 4 is 0 Å². The fourth-order valence-electron chi connectivity index (χ4n) is 2.66. The van der Waals surface area contributed by atoms with E-state index in [1.54, 1.807) is 7.11 Å². The number of methoxy groups -OCH3 is 1. The van der Waals surface area contributed by atoms with Gasteiger partial charge in [0.25, 0.3) is 0 Å². The summed E-state index contributed by atoms with van der Waals surface area (Å²) in [6.07, 6.45) is 3.40. The Kier molecular flexibility index (Phi) is 5.86. The molecule has 1 aliphatic rings. The smallest absolute Gasteiger partial charge is 0.124 e. The van der Waals surface area contributed by atoms with Crippen molar-refractivity contribution in [3.8, 4) is 5.75 Å². The number of benzene rings is 1. The molecule has 0 radical (unpaired) electrons. The molecule has 0 aliphatic carbocycles. The lowest BCUT2D eigenvalue weighted by molar-refractivity contribution is -0.0759. The van der Waals surface area contributed by atoms with E-state index in [9.17, 15) is 0 Å². The number of hydrogen-bond donors (Lipinski definition) is 0. The van der Waals surface area contributed by atoms with Crippen LogP contribution in [0.5, 0.6) is 5.75 Å². The molecule has 1 fully saturated rings. The molecular weight excluding hydrogens is 252 g/mol. The van der Waals surface area contributed by atoms with Crippen molar-refractivity contribution in [3.63, 3.8) is 0 Å². The number of ether oxygens (including phenoxy) is 3. The summed E-state index contributed by atoms with van der Waals surface area (Å²) in [4.78, 5) is 0. The molecular formula is C17H26O3. The van der Waals surface area contributed by atoms with Gasteiger partial charge < -0.3 is 14.2 Å². The van der Waals surface area contributed by atoms with E-state index >= 15 is 0 Å². The average molecular weight is 278 g/mol. The van der Waals surface area contributed by atoms with E-state index in [4.69, 9.17) is 14.2 Å². The maximum atomic E-state index is 6.37. The first-order valence-electron chi connectivity index (χ1n) is 7.56. The molecule has 112 valence electrons. The van der Waals surface area contributed by atoms with Gasteiger partial charge in [-0.2, -0.15) is 0 Å². The molecule has 1 heterocycles. The maximum absolute atomic E-state index is 6.37. The van der Waals surface area contributed by atoms with E-state index in [1.807, 2.05) is 12.1 Å². The fraction of sp³-hybridized carbons (Fsp3) is 0.647. The molecule has 1 aliphatic heterocycles. The van der Waals surface area contributed by atoms with Crippen LogP contribution >= 0.6 is 0 Å². The zero-order valence-corrected chi connectivity index (χ0v) is 12.8. The highest BCUT2D eigenvalue weighted by Crippen LogP contribution is 2.34. The van der Waals surface area contributed by atoms with Gasteiger partial charge in [-0.15, -0.1) is 0 Å². The van der Waals surface area contributed by atoms with E-state index in [1.165, 1.54) is 0 Å². The number of rotatable bonds is 6. The van der Waals surface area contributed by atoms with Crippen LogP contribution in [-0.2, 0) is 9.47 Å². The van der Waals surface area contributed by atoms with Crippen LogP contribution in [0.4, 0.5) is 0 Å². The highest BCUT2D eigenvalue weighted by atomic mass is 16.5. The molecule has 0 saturated carbocycles. The Morgan fingerprint density at radius 2 is 1.90 bits per heavy atom. The summed E-state index contributed by atoms with van der Waals surface area (Å²) in [6, 6.07) is 8.18. The SMILES string of the molecule is COc1ccccc1[C@H](CC(C)C)OC1CCOCC1. The van der Waals surface area contributed by atoms with Crippen molar-refractivity contribution in [1.82, 2.24) is 0 Å². The molecule has 2 rings (SSSR count). The number of para-hydroxylation sites is 1. The molecule has 0 amide bonds. The minimum absolute atomic E-state index is 0.106. The van der Waals surface area contributed by atoms with Gasteiger partial charge in [-0.05, 0) is 31.2 Å². The summed E-state index contributed by atoms with van der Waals surface area (Å²) in [7, 11) is 1.72. The normalized spacial score (nSPS) is 18.2. The highest BCUT2D eigenvalue weighted by molar-refractivity contribution is 5.35. The summed E-state index contributed by atoms with van der Waals surface area (Å²) < 4.78 is 17.3. The first kappa shape index (κ1) is 15.3. The zero-order chi connectivity index (χ0) is 14.4. The monoisotopic (exact) mass is 278 g/mol. The van der Waals surface area contributed by atoms with E-state index < -0.39 is 0 Å². The summed E-state index contributed by atoms with van der Waals surface area (Å²) in [5, 5.41) is 0. The summed E-state index contributed by atoms with van der Waals surface area (Å²) in [5.74, 6) is 1.51. The van der Waals surface area contributed by atoms with E-state index in [0.717, 1.165) is 43.8 Å². The van der Waals surface area contributed by atoms with Gasteiger partial charge in [-0.3, -0.25) is 0 Å². The van der Waals surface area contributed by atoms with E-state index in [-0.39, 0.29) is 6.10 Å². The van der Waals surface area contributed by atoms with Gasteiger partial charge in [-0.25, -0.2) is 0 Å². The second-order valence-electron chi connectivity index (χ2n) is 5.81. The average Bonchev–Trinajstić information content (AvgIpc) is 2.47. The third kappa shape index (κ3) is 4.22. The first-order valence-corrected chi connectivity index (χ1v) is 7.56. The van der Waals surface area contributed by atoms with Crippen molar-refractivity contribution in [2.24, 2.45) is 5.92 Å². The van der Waals surface area contributed by atoms with E-state index in [0.29, 0.717) is 12.0 Å². The Hall–Kier alpha value is -1.06. The van der Waals surface area contributed by atoms with Crippen LogP contribution in [0.25, 0.3) is 0 Å². The van der Waals surface area contributed by atoms with Crippen LogP contribution in [0.1, 0.15) is 44.8 Å². The minimum atomic E-state index is 0.106. The van der Waals surface area contributed by atoms with Crippen molar-refractivity contribution in [2.75, 3.05) is 20.3 Å². The Balaban J connectivity index is 2.13. The van der Waals surface area contributed by atoms with Crippen LogP contribution in [-0.4, -0.2) is 26.4 Å². The molecule has 1 saturated heterocycles. The van der Waals surface area contributed by atoms with Crippen LogP contribution in [0, 0.1) is 5.92 Å². The zero-order valence-electron chi connectivity index (χ0n) is 12.8. The van der Waals surface area contributed by atoms with Crippen LogP contribution < -0.4 is 4.74 Å². The molecule has 1 aromatic carbocycles. The van der Waals surface area contributed by atoms with Gasteiger partial charge >= 0.3 is 0 Å². The molecule has 0 spiro atoms. The van der Waals surface area contributed by atoms with Crippen LogP contribution in [0.3, 0.4) is 0 Å². The quantitative estimate of drug-likeness (QED) is 0.788. The lowest BCUT2D eigenvalue weighted by Crippen LogP contribution is -2.26.